The third-order valence-electron chi connectivity index (χ3n) is 15.6. The number of nitrogens with zero attached hydrogens (tertiary/aromatic N) is 5. The molecule has 0 saturated carbocycles. The summed E-state index contributed by atoms with van der Waals surface area (Å²) in [5, 5.41) is 33.9. The van der Waals surface area contributed by atoms with Crippen molar-refractivity contribution in [2.24, 2.45) is 5.41 Å². The largest absolute Gasteiger partial charge is 0.391 e. The minimum Gasteiger partial charge on any atom is -0.391 e. The molecule has 3 atom stereocenters. The zero-order valence-electron chi connectivity index (χ0n) is 49.8. The Kier molecular flexibility index (Phi) is 22.4. The van der Waals surface area contributed by atoms with Gasteiger partial charge in [0.05, 0.1) is 79.5 Å². The lowest BCUT2D eigenvalue weighted by Crippen LogP contribution is -2.57. The van der Waals surface area contributed by atoms with Crippen LogP contribution in [0.3, 0.4) is 0 Å². The average molecular weight is 1220 g/mol. The molecule has 3 aliphatic rings. The van der Waals surface area contributed by atoms with Crippen LogP contribution in [-0.2, 0) is 51.1 Å². The lowest BCUT2D eigenvalue weighted by molar-refractivity contribution is -0.144. The Labute approximate surface area is 509 Å². The number of benzene rings is 4. The number of halogens is 2. The molecule has 6 aromatic rings. The number of aliphatic hydroxyl groups excluding tert-OH is 1. The van der Waals surface area contributed by atoms with E-state index < -0.39 is 41.1 Å². The van der Waals surface area contributed by atoms with Crippen molar-refractivity contribution in [1.29, 1.82) is 0 Å². The fraction of sp³-hybridized carbons (Fsp3) is 0.476. The van der Waals surface area contributed by atoms with Gasteiger partial charge in [0, 0.05) is 101 Å². The van der Waals surface area contributed by atoms with E-state index in [4.69, 9.17) is 18.9 Å². The van der Waals surface area contributed by atoms with Crippen LogP contribution in [0.25, 0.3) is 21.3 Å². The number of likely N-dealkylation sites (tertiary alicyclic amines) is 1. The predicted octanol–water partition coefficient (Wildman–Crippen LogP) is 6.19. The first-order valence-corrected chi connectivity index (χ1v) is 30.6. The highest BCUT2D eigenvalue weighted by atomic mass is 32.1. The highest BCUT2D eigenvalue weighted by Crippen LogP contribution is 2.32. The number of anilines is 3. The summed E-state index contributed by atoms with van der Waals surface area (Å²) in [6, 6.07) is 20.8. The number of aromatic amines is 1. The number of piperazine rings is 1. The Balaban J connectivity index is 0.633. The molecule has 3 saturated heterocycles. The second-order valence-electron chi connectivity index (χ2n) is 23.3. The molecule has 4 aromatic carbocycles. The summed E-state index contributed by atoms with van der Waals surface area (Å²) in [5.41, 5.74) is 8.05. The van der Waals surface area contributed by atoms with E-state index in [9.17, 15) is 37.9 Å². The molecule has 21 nitrogen and oxygen atoms in total. The SMILES string of the molecule is Cc1ncsc1-c1ccc(CNC(=O)[C@@H]2C[C@@H](O)CN2C(=O)C(NC(=O)CCOCCOCCOCCNC(=O)CN2CCN(c3ccc(C(=O)Nc4n[nH]c5ccc(Cc6cc(F)cc(F)c6)cc45)c(NC4CCOCC4)c3)CC2)C(C)(C)C)cc1. The third kappa shape index (κ3) is 18.1. The van der Waals surface area contributed by atoms with Gasteiger partial charge in [0.15, 0.2) is 5.82 Å². The van der Waals surface area contributed by atoms with E-state index >= 15 is 0 Å². The highest BCUT2D eigenvalue weighted by Gasteiger charge is 2.44. The van der Waals surface area contributed by atoms with Gasteiger partial charge < -0.3 is 60.4 Å². The van der Waals surface area contributed by atoms with Crippen molar-refractivity contribution >= 4 is 69.0 Å². The van der Waals surface area contributed by atoms with Gasteiger partial charge in [-0.2, -0.15) is 5.10 Å². The number of aromatic nitrogens is 3. The minimum absolute atomic E-state index is 0.00107. The second-order valence-corrected chi connectivity index (χ2v) is 24.1. The molecule has 3 aliphatic heterocycles. The number of nitrogens with one attached hydrogen (secondary N) is 6. The van der Waals surface area contributed by atoms with Crippen LogP contribution >= 0.6 is 11.3 Å². The molecule has 0 bridgehead atoms. The van der Waals surface area contributed by atoms with E-state index in [1.165, 1.54) is 17.0 Å². The summed E-state index contributed by atoms with van der Waals surface area (Å²) in [6.07, 6.45) is 1.08. The van der Waals surface area contributed by atoms with Crippen LogP contribution in [0.2, 0.25) is 0 Å². The molecular formula is C63H79F2N11O10S. The summed E-state index contributed by atoms with van der Waals surface area (Å²) in [6.45, 7) is 13.7. The van der Waals surface area contributed by atoms with Crippen molar-refractivity contribution < 1.29 is 56.8 Å². The van der Waals surface area contributed by atoms with Crippen LogP contribution in [-0.4, -0.2) is 183 Å². The first kappa shape index (κ1) is 64.0. The number of aryl methyl sites for hydroxylation is 1. The quantitative estimate of drug-likeness (QED) is 0.0284. The number of thiazole rings is 1. The van der Waals surface area contributed by atoms with Crippen LogP contribution in [0.5, 0.6) is 0 Å². The van der Waals surface area contributed by atoms with Gasteiger partial charge in [-0.25, -0.2) is 13.8 Å². The maximum atomic E-state index is 14.0. The van der Waals surface area contributed by atoms with Gasteiger partial charge in [-0.05, 0) is 96.3 Å². The average Bonchev–Trinajstić information content (AvgIpc) is 3.42. The van der Waals surface area contributed by atoms with Gasteiger partial charge in [0.2, 0.25) is 23.6 Å². The van der Waals surface area contributed by atoms with Crippen LogP contribution in [0.4, 0.5) is 26.0 Å². The molecule has 466 valence electrons. The number of H-pyrrole nitrogens is 1. The van der Waals surface area contributed by atoms with E-state index in [0.29, 0.717) is 99.3 Å². The fourth-order valence-electron chi connectivity index (χ4n) is 10.9. The Morgan fingerprint density at radius 1 is 0.816 bits per heavy atom. The van der Waals surface area contributed by atoms with Crippen molar-refractivity contribution in [3.63, 3.8) is 0 Å². The van der Waals surface area contributed by atoms with E-state index in [-0.39, 0.29) is 88.4 Å². The number of rotatable bonds is 27. The van der Waals surface area contributed by atoms with Crippen LogP contribution in [0.1, 0.15) is 79.2 Å². The zero-order chi connectivity index (χ0) is 61.5. The van der Waals surface area contributed by atoms with Crippen LogP contribution in [0.15, 0.2) is 84.4 Å². The second kappa shape index (κ2) is 30.5. The zero-order valence-corrected chi connectivity index (χ0v) is 50.6. The summed E-state index contributed by atoms with van der Waals surface area (Å²) < 4.78 is 50.4. The molecule has 3 fully saturated rings. The number of fused-ring (bicyclic) bond motifs is 1. The van der Waals surface area contributed by atoms with Crippen molar-refractivity contribution in [3.8, 4) is 10.4 Å². The smallest absolute Gasteiger partial charge is 0.258 e. The van der Waals surface area contributed by atoms with Gasteiger partial charge in [-0.1, -0.05) is 51.1 Å². The van der Waals surface area contributed by atoms with Gasteiger partial charge in [0.25, 0.3) is 5.91 Å². The molecular weight excluding hydrogens is 1140 g/mol. The number of ether oxygens (including phenoxy) is 4. The topological polar surface area (TPSA) is 254 Å². The van der Waals surface area contributed by atoms with Gasteiger partial charge in [-0.15, -0.1) is 11.3 Å². The van der Waals surface area contributed by atoms with Gasteiger partial charge in [0.1, 0.15) is 23.7 Å². The predicted molar refractivity (Wildman–Crippen MR) is 327 cm³/mol. The van der Waals surface area contributed by atoms with Crippen molar-refractivity contribution in [2.45, 2.75) is 90.6 Å². The van der Waals surface area contributed by atoms with Crippen molar-refractivity contribution in [3.05, 3.63) is 124 Å². The number of hydrogen-bond donors (Lipinski definition) is 7. The van der Waals surface area contributed by atoms with Crippen LogP contribution in [0, 0.1) is 24.0 Å². The number of carbonyl (C=O) groups is 5. The lowest BCUT2D eigenvalue weighted by atomic mass is 9.85. The number of hydrogen-bond acceptors (Lipinski definition) is 16. The van der Waals surface area contributed by atoms with Gasteiger partial charge >= 0.3 is 0 Å². The first-order chi connectivity index (χ1) is 41.9. The number of carbonyl (C=O) groups excluding carboxylic acids is 5. The number of β-amino-alcohol motifs (C(OH)–C–C–N with tert-alkyl or cyclic N) is 1. The first-order valence-electron chi connectivity index (χ1n) is 29.7. The minimum atomic E-state index is -0.954. The van der Waals surface area contributed by atoms with E-state index in [1.54, 1.807) is 16.8 Å². The van der Waals surface area contributed by atoms with E-state index in [0.717, 1.165) is 51.9 Å². The van der Waals surface area contributed by atoms with Crippen molar-refractivity contribution in [2.75, 3.05) is 114 Å². The van der Waals surface area contributed by atoms with Crippen LogP contribution < -0.4 is 31.5 Å². The Hall–Kier alpha value is -7.45. The molecule has 0 radical (unpaired) electrons. The Morgan fingerprint density at radius 2 is 1.52 bits per heavy atom. The molecule has 7 N–H and O–H groups in total. The third-order valence-corrected chi connectivity index (χ3v) is 16.6. The molecule has 87 heavy (non-hydrogen) atoms. The molecule has 0 aliphatic carbocycles. The Bertz CT molecular complexity index is 3290. The Morgan fingerprint density at radius 3 is 2.22 bits per heavy atom. The molecule has 5 amide bonds. The molecule has 0 spiro atoms. The summed E-state index contributed by atoms with van der Waals surface area (Å²) >= 11 is 1.57. The maximum absolute atomic E-state index is 14.0. The number of aliphatic hydroxyl groups is 1. The fourth-order valence-corrected chi connectivity index (χ4v) is 11.7. The number of amides is 5. The summed E-state index contributed by atoms with van der Waals surface area (Å²) in [7, 11) is 0. The summed E-state index contributed by atoms with van der Waals surface area (Å²) in [4.78, 5) is 78.7. The molecule has 24 heteroatoms. The molecule has 1 unspecified atom stereocenters. The highest BCUT2D eigenvalue weighted by molar-refractivity contribution is 7.13. The van der Waals surface area contributed by atoms with Gasteiger partial charge in [-0.3, -0.25) is 34.0 Å². The lowest BCUT2D eigenvalue weighted by Gasteiger charge is -2.36. The monoisotopic (exact) mass is 1220 g/mol. The van der Waals surface area contributed by atoms with Crippen molar-refractivity contribution in [1.82, 2.24) is 40.9 Å². The summed E-state index contributed by atoms with van der Waals surface area (Å²) in [5.74, 6) is -2.61. The maximum Gasteiger partial charge on any atom is 0.258 e. The normalized spacial score (nSPS) is 17.1. The molecule has 5 heterocycles. The molecule has 9 rings (SSSR count). The van der Waals surface area contributed by atoms with E-state index in [2.05, 4.69) is 51.6 Å². The molecule has 2 aromatic heterocycles. The van der Waals surface area contributed by atoms with E-state index in [1.807, 2.05) is 88.4 Å². The standard InChI is InChI=1S/C63H79F2N11O10S/c1-40-57(87-39-68-40)44-8-5-41(6-9-44)36-67-61(81)54-35-49(77)37-76(54)62(82)58(63(2,3)4)70-55(78)15-23-84-25-27-86-28-26-85-24-16-66-56(79)38-74-17-19-75(20-18-74)48-10-11-50(53(34-48)69-47-13-21-83-22-14-47)60(80)71-59-51-32-42(7-12-52(51)72-73-59)29-43-30-45(64)33-46(65)31-43/h5-12,30-34,39,47,49,54,58,69,77H,13-29,35-38H2,1-4H3,(H,66,79)(H,67,81)(H,70,78)(H2,71,72,73,80)/t49-,54+,58?/m1/s1.